The summed E-state index contributed by atoms with van der Waals surface area (Å²) in [5.41, 5.74) is 1.50. The predicted octanol–water partition coefficient (Wildman–Crippen LogP) is 2.34. The summed E-state index contributed by atoms with van der Waals surface area (Å²) < 4.78 is 43.5. The Morgan fingerprint density at radius 2 is 1.93 bits per heavy atom. The van der Waals surface area contributed by atoms with Crippen LogP contribution in [0.5, 0.6) is 11.5 Å². The average Bonchev–Trinajstić information content (AvgIpc) is 2.79. The first-order chi connectivity index (χ1) is 14.5. The lowest BCUT2D eigenvalue weighted by Gasteiger charge is -2.26. The number of carbonyl (C=O) groups is 1. The fourth-order valence-corrected chi connectivity index (χ4v) is 5.21. The molecule has 0 spiro atoms. The van der Waals surface area contributed by atoms with E-state index >= 15 is 0 Å². The predicted molar refractivity (Wildman–Crippen MR) is 113 cm³/mol. The molecule has 0 bridgehead atoms. The lowest BCUT2D eigenvalue weighted by Crippen LogP contribution is -2.40. The number of sulfonamides is 1. The zero-order valence-corrected chi connectivity index (χ0v) is 18.4. The topological polar surface area (TPSA) is 94.2 Å². The molecule has 0 saturated carbocycles. The van der Waals surface area contributed by atoms with Gasteiger partial charge in [0, 0.05) is 25.7 Å². The van der Waals surface area contributed by atoms with Crippen molar-refractivity contribution >= 4 is 15.9 Å². The van der Waals surface area contributed by atoms with Gasteiger partial charge in [-0.15, -0.1) is 0 Å². The van der Waals surface area contributed by atoms with Crippen molar-refractivity contribution in [2.24, 2.45) is 0 Å². The van der Waals surface area contributed by atoms with Gasteiger partial charge in [0.2, 0.25) is 10.0 Å². The summed E-state index contributed by atoms with van der Waals surface area (Å²) in [6.45, 7) is 1.71. The van der Waals surface area contributed by atoms with Crippen LogP contribution in [-0.2, 0) is 14.8 Å². The van der Waals surface area contributed by atoms with Gasteiger partial charge in [0.25, 0.3) is 5.91 Å². The molecule has 1 saturated heterocycles. The average molecular weight is 439 g/mol. The third-order valence-corrected chi connectivity index (χ3v) is 7.30. The summed E-state index contributed by atoms with van der Waals surface area (Å²) >= 11 is 0. The Morgan fingerprint density at radius 1 is 1.17 bits per heavy atom. The Balaban J connectivity index is 1.83. The van der Waals surface area contributed by atoms with Crippen LogP contribution in [0.3, 0.4) is 0 Å². The number of hydrogen-bond donors (Lipinski definition) is 1. The second-order valence-corrected chi connectivity index (χ2v) is 9.27. The van der Waals surface area contributed by atoms with Gasteiger partial charge in [-0.2, -0.15) is 4.31 Å². The number of nitrogens with zero attached hydrogens (tertiary/aromatic N) is 1. The molecular formula is C21H30N2O6S. The molecule has 30 heavy (non-hydrogen) atoms. The summed E-state index contributed by atoms with van der Waals surface area (Å²) in [4.78, 5) is 12.9. The summed E-state index contributed by atoms with van der Waals surface area (Å²) in [7, 11) is -0.940. The van der Waals surface area contributed by atoms with Crippen LogP contribution in [0, 0.1) is 0 Å². The van der Waals surface area contributed by atoms with E-state index in [1.807, 2.05) is 0 Å². The molecule has 0 aromatic heterocycles. The van der Waals surface area contributed by atoms with Gasteiger partial charge in [0.05, 0.1) is 37.9 Å². The lowest BCUT2D eigenvalue weighted by molar-refractivity contribution is 0.0730. The van der Waals surface area contributed by atoms with Crippen molar-refractivity contribution in [1.29, 1.82) is 0 Å². The highest BCUT2D eigenvalue weighted by molar-refractivity contribution is 7.89. The van der Waals surface area contributed by atoms with E-state index in [0.29, 0.717) is 19.8 Å². The van der Waals surface area contributed by atoms with Crippen molar-refractivity contribution < 1.29 is 27.4 Å². The van der Waals surface area contributed by atoms with Gasteiger partial charge in [-0.25, -0.2) is 8.42 Å². The standard InChI is InChI=1S/C21H30N2O6S/c1-27-19-15-17(30(25,26)23-10-12-29-13-11-23)14-18(20(19)28-2)21(24)22-9-8-16-6-4-3-5-7-16/h6,14-15H,3-5,7-13H2,1-2H3,(H,22,24). The highest BCUT2D eigenvalue weighted by atomic mass is 32.2. The SMILES string of the molecule is COc1cc(S(=O)(=O)N2CCOCC2)cc(C(=O)NCCC2=CCCCC2)c1OC. The first kappa shape index (κ1) is 22.6. The van der Waals surface area contributed by atoms with Crippen LogP contribution in [0.2, 0.25) is 0 Å². The number of allylic oxidation sites excluding steroid dienone is 1. The molecule has 0 unspecified atom stereocenters. The fourth-order valence-electron chi connectivity index (χ4n) is 3.76. The smallest absolute Gasteiger partial charge is 0.255 e. The van der Waals surface area contributed by atoms with E-state index in [4.69, 9.17) is 14.2 Å². The zero-order valence-electron chi connectivity index (χ0n) is 17.6. The molecular weight excluding hydrogens is 408 g/mol. The molecule has 166 valence electrons. The number of benzene rings is 1. The summed E-state index contributed by atoms with van der Waals surface area (Å²) in [5.74, 6) is 0.0281. The number of amides is 1. The Morgan fingerprint density at radius 3 is 2.57 bits per heavy atom. The van der Waals surface area contributed by atoms with E-state index < -0.39 is 10.0 Å². The Labute approximate surface area is 178 Å². The number of nitrogens with one attached hydrogen (secondary N) is 1. The van der Waals surface area contributed by atoms with E-state index in [0.717, 1.165) is 19.3 Å². The number of rotatable bonds is 8. The number of methoxy groups -OCH3 is 2. The van der Waals surface area contributed by atoms with Crippen LogP contribution in [-0.4, -0.2) is 65.7 Å². The molecule has 1 aliphatic carbocycles. The van der Waals surface area contributed by atoms with Crippen LogP contribution in [0.4, 0.5) is 0 Å². The van der Waals surface area contributed by atoms with Crippen LogP contribution in [0.15, 0.2) is 28.7 Å². The minimum atomic E-state index is -3.78. The first-order valence-electron chi connectivity index (χ1n) is 10.3. The molecule has 8 nitrogen and oxygen atoms in total. The quantitative estimate of drug-likeness (QED) is 0.626. The van der Waals surface area contributed by atoms with Gasteiger partial charge in [0.15, 0.2) is 11.5 Å². The summed E-state index contributed by atoms with van der Waals surface area (Å²) in [6.07, 6.45) is 7.60. The van der Waals surface area contributed by atoms with Gasteiger partial charge in [-0.1, -0.05) is 11.6 Å². The Hall–Kier alpha value is -2.10. The Bertz CT molecular complexity index is 891. The largest absolute Gasteiger partial charge is 0.493 e. The van der Waals surface area contributed by atoms with Crippen LogP contribution >= 0.6 is 0 Å². The minimum absolute atomic E-state index is 0.00203. The van der Waals surface area contributed by atoms with Crippen molar-refractivity contribution in [2.75, 3.05) is 47.1 Å². The van der Waals surface area contributed by atoms with Crippen molar-refractivity contribution in [1.82, 2.24) is 9.62 Å². The molecule has 9 heteroatoms. The van der Waals surface area contributed by atoms with Crippen molar-refractivity contribution in [3.05, 3.63) is 29.3 Å². The van der Waals surface area contributed by atoms with Gasteiger partial charge >= 0.3 is 0 Å². The Kier molecular flexibility index (Phi) is 7.74. The monoisotopic (exact) mass is 438 g/mol. The molecule has 0 radical (unpaired) electrons. The molecule has 1 heterocycles. The maximum atomic E-state index is 13.1. The van der Waals surface area contributed by atoms with Crippen LogP contribution < -0.4 is 14.8 Å². The van der Waals surface area contributed by atoms with Gasteiger partial charge < -0.3 is 19.5 Å². The summed E-state index contributed by atoms with van der Waals surface area (Å²) in [6, 6.07) is 2.76. The molecule has 1 amide bonds. The first-order valence-corrected chi connectivity index (χ1v) is 11.7. The zero-order chi connectivity index (χ0) is 21.6. The van der Waals surface area contributed by atoms with Gasteiger partial charge in [0.1, 0.15) is 0 Å². The van der Waals surface area contributed by atoms with E-state index in [1.165, 1.54) is 49.1 Å². The van der Waals surface area contributed by atoms with E-state index in [1.54, 1.807) is 0 Å². The maximum absolute atomic E-state index is 13.1. The molecule has 1 aromatic rings. The normalized spacial score (nSPS) is 17.9. The highest BCUT2D eigenvalue weighted by Gasteiger charge is 2.30. The number of carbonyl (C=O) groups excluding carboxylic acids is 1. The minimum Gasteiger partial charge on any atom is -0.493 e. The molecule has 1 aliphatic heterocycles. The lowest BCUT2D eigenvalue weighted by atomic mass is 9.97. The molecule has 1 fully saturated rings. The molecule has 0 atom stereocenters. The van der Waals surface area contributed by atoms with Crippen molar-refractivity contribution in [3.8, 4) is 11.5 Å². The third kappa shape index (κ3) is 5.14. The second kappa shape index (κ2) is 10.3. The highest BCUT2D eigenvalue weighted by Crippen LogP contribution is 2.35. The van der Waals surface area contributed by atoms with Crippen LogP contribution in [0.1, 0.15) is 42.5 Å². The molecule has 1 aromatic carbocycles. The van der Waals surface area contributed by atoms with E-state index in [2.05, 4.69) is 11.4 Å². The van der Waals surface area contributed by atoms with Crippen molar-refractivity contribution in [3.63, 3.8) is 0 Å². The number of morpholine rings is 1. The van der Waals surface area contributed by atoms with E-state index in [9.17, 15) is 13.2 Å². The van der Waals surface area contributed by atoms with E-state index in [-0.39, 0.29) is 41.0 Å². The fraction of sp³-hybridized carbons (Fsp3) is 0.571. The van der Waals surface area contributed by atoms with Gasteiger partial charge in [-0.05, 0) is 38.2 Å². The summed E-state index contributed by atoms with van der Waals surface area (Å²) in [5, 5.41) is 2.89. The number of ether oxygens (including phenoxy) is 3. The number of hydrogen-bond acceptors (Lipinski definition) is 6. The van der Waals surface area contributed by atoms with Gasteiger partial charge in [-0.3, -0.25) is 4.79 Å². The van der Waals surface area contributed by atoms with Crippen molar-refractivity contribution in [2.45, 2.75) is 37.0 Å². The second-order valence-electron chi connectivity index (χ2n) is 7.34. The molecule has 2 aliphatic rings. The molecule has 3 rings (SSSR count). The molecule has 1 N–H and O–H groups in total. The third-order valence-electron chi connectivity index (χ3n) is 5.42. The maximum Gasteiger partial charge on any atom is 0.255 e. The van der Waals surface area contributed by atoms with Crippen LogP contribution in [0.25, 0.3) is 0 Å².